The van der Waals surface area contributed by atoms with E-state index in [1.165, 1.54) is 30.3 Å². The summed E-state index contributed by atoms with van der Waals surface area (Å²) < 4.78 is 0. The number of phenolic OH excluding ortho intramolecular Hbond substituents is 1. The van der Waals surface area contributed by atoms with Crippen LogP contribution in [0.1, 0.15) is 11.1 Å². The number of halogens is 3. The third-order valence-electron chi connectivity index (χ3n) is 2.86. The van der Waals surface area contributed by atoms with E-state index in [0.29, 0.717) is 5.56 Å². The summed E-state index contributed by atoms with van der Waals surface area (Å²) in [5, 5.41) is 47.3. The third kappa shape index (κ3) is 7.28. The molecule has 0 fully saturated rings. The molecule has 0 saturated heterocycles. The van der Waals surface area contributed by atoms with Crippen molar-refractivity contribution in [2.45, 2.75) is 12.5 Å². The van der Waals surface area contributed by atoms with Gasteiger partial charge < -0.3 is 15.3 Å². The number of aliphatic hydroxyl groups is 1. The zero-order valence-corrected chi connectivity index (χ0v) is 15.3. The highest BCUT2D eigenvalue weighted by molar-refractivity contribution is 6.17. The smallest absolute Gasteiger partial charge is 0.270 e. The number of hydrogen-bond donors (Lipinski definition) is 3. The predicted octanol–water partition coefficient (Wildman–Crippen LogP) is 3.68. The van der Waals surface area contributed by atoms with Crippen LogP contribution >= 0.6 is 36.4 Å². The Bertz CT molecular complexity index is 696. The third-order valence-corrected chi connectivity index (χ3v) is 3.15. The molecule has 2 aromatic rings. The van der Waals surface area contributed by atoms with E-state index in [0.717, 1.165) is 6.07 Å². The molecule has 0 radical (unpaired) electrons. The van der Waals surface area contributed by atoms with Crippen LogP contribution in [0, 0.1) is 20.2 Å². The van der Waals surface area contributed by atoms with Gasteiger partial charge in [0.15, 0.2) is 0 Å². The Kier molecular flexibility index (Phi) is 12.0. The molecule has 0 bridgehead atoms. The van der Waals surface area contributed by atoms with Gasteiger partial charge in [0.05, 0.1) is 22.3 Å². The van der Waals surface area contributed by atoms with Crippen molar-refractivity contribution in [3.05, 3.63) is 67.8 Å². The highest BCUT2D eigenvalue weighted by Gasteiger charge is 2.09. The van der Waals surface area contributed by atoms with Crippen LogP contribution in [0.4, 0.5) is 11.4 Å². The number of aliphatic hydroxyl groups excluding tert-OH is 1. The van der Waals surface area contributed by atoms with E-state index in [2.05, 4.69) is 0 Å². The quantitative estimate of drug-likeness (QED) is 0.381. The van der Waals surface area contributed by atoms with Crippen molar-refractivity contribution in [3.8, 4) is 11.5 Å². The van der Waals surface area contributed by atoms with Crippen molar-refractivity contribution in [1.29, 1.82) is 0 Å². The number of rotatable bonds is 4. The predicted molar refractivity (Wildman–Crippen MR) is 99.5 cm³/mol. The maximum Gasteiger partial charge on any atom is 0.270 e. The van der Waals surface area contributed by atoms with E-state index in [1.54, 1.807) is 0 Å². The van der Waals surface area contributed by atoms with E-state index in [9.17, 15) is 20.2 Å². The fourth-order valence-corrected chi connectivity index (χ4v) is 1.82. The molecule has 0 amide bonds. The van der Waals surface area contributed by atoms with Crippen molar-refractivity contribution < 1.29 is 25.2 Å². The van der Waals surface area contributed by atoms with Crippen LogP contribution in [-0.2, 0) is 12.5 Å². The monoisotopic (exact) mass is 428 g/mol. The largest absolute Gasteiger partial charge is 0.508 e. The van der Waals surface area contributed by atoms with Crippen LogP contribution in [0.25, 0.3) is 0 Å². The number of nitrogens with zero attached hydrogens (tertiary/aromatic N) is 2. The molecule has 0 aliphatic carbocycles. The summed E-state index contributed by atoms with van der Waals surface area (Å²) in [6, 6.07) is 7.23. The molecule has 0 unspecified atom stereocenters. The van der Waals surface area contributed by atoms with Crippen LogP contribution in [0.15, 0.2) is 36.4 Å². The van der Waals surface area contributed by atoms with Gasteiger partial charge in [0.2, 0.25) is 0 Å². The molecule has 144 valence electrons. The summed E-state index contributed by atoms with van der Waals surface area (Å²) in [5.41, 5.74) is 0.315. The lowest BCUT2D eigenvalue weighted by Gasteiger charge is -1.98. The highest BCUT2D eigenvalue weighted by Crippen LogP contribution is 2.24. The number of non-ortho nitro benzene ring substituents is 2. The number of hydrogen-bond acceptors (Lipinski definition) is 7. The molecule has 9 nitrogen and oxygen atoms in total. The molecular weight excluding hydrogens is 415 g/mol. The van der Waals surface area contributed by atoms with Gasteiger partial charge in [-0.3, -0.25) is 20.2 Å². The molecule has 3 N–H and O–H groups in total. The molecular formula is C14H15Cl3N2O7. The van der Waals surface area contributed by atoms with Crippen LogP contribution in [0.5, 0.6) is 11.5 Å². The minimum atomic E-state index is -0.585. The second-order valence-corrected chi connectivity index (χ2v) is 4.70. The van der Waals surface area contributed by atoms with Gasteiger partial charge in [0.1, 0.15) is 11.5 Å². The van der Waals surface area contributed by atoms with Crippen LogP contribution in [0.3, 0.4) is 0 Å². The van der Waals surface area contributed by atoms with Crippen molar-refractivity contribution in [2.24, 2.45) is 0 Å². The van der Waals surface area contributed by atoms with Crippen molar-refractivity contribution in [1.82, 2.24) is 0 Å². The molecule has 0 aromatic heterocycles. The number of alkyl halides is 1. The van der Waals surface area contributed by atoms with Gasteiger partial charge in [0.25, 0.3) is 11.4 Å². The van der Waals surface area contributed by atoms with Gasteiger partial charge in [-0.2, -0.15) is 0 Å². The van der Waals surface area contributed by atoms with E-state index in [1.807, 2.05) is 0 Å². The van der Waals surface area contributed by atoms with Crippen LogP contribution in [0.2, 0.25) is 0 Å². The fourth-order valence-electron chi connectivity index (χ4n) is 1.60. The number of aromatic hydroxyl groups is 2. The standard InChI is InChI=1S/C7H6ClNO3.C7H7NO4.2ClH/c8-4-5-3-6(9(11)12)1-2-7(5)10;9-4-5-3-6(8(11)12)1-2-7(5)10;;/h1-3,10H,4H2;1-3,9-10H,4H2;2*1H. The molecule has 26 heavy (non-hydrogen) atoms. The number of nitro benzene ring substituents is 2. The normalized spacial score (nSPS) is 9.00. The van der Waals surface area contributed by atoms with Crippen LogP contribution in [-0.4, -0.2) is 25.2 Å². The summed E-state index contributed by atoms with van der Waals surface area (Å²) in [6.45, 7) is -0.409. The van der Waals surface area contributed by atoms with Gasteiger partial charge in [-0.15, -0.1) is 36.4 Å². The first-order valence-electron chi connectivity index (χ1n) is 6.39. The Balaban J connectivity index is 0. The molecule has 0 aliphatic rings. The Labute approximate surface area is 165 Å². The summed E-state index contributed by atoms with van der Waals surface area (Å²) in [7, 11) is 0. The molecule has 2 aromatic carbocycles. The average molecular weight is 430 g/mol. The Morgan fingerprint density at radius 1 is 0.846 bits per heavy atom. The van der Waals surface area contributed by atoms with Gasteiger partial charge >= 0.3 is 0 Å². The van der Waals surface area contributed by atoms with E-state index < -0.39 is 16.5 Å². The van der Waals surface area contributed by atoms with E-state index in [4.69, 9.17) is 26.9 Å². The highest BCUT2D eigenvalue weighted by atomic mass is 35.5. The second-order valence-electron chi connectivity index (χ2n) is 4.43. The Morgan fingerprint density at radius 2 is 1.23 bits per heavy atom. The summed E-state index contributed by atoms with van der Waals surface area (Å²) >= 11 is 5.43. The molecule has 0 spiro atoms. The van der Waals surface area contributed by atoms with Gasteiger partial charge in [-0.25, -0.2) is 0 Å². The molecule has 0 aliphatic heterocycles. The number of nitro groups is 2. The molecule has 0 saturated carbocycles. The van der Waals surface area contributed by atoms with Crippen LogP contribution < -0.4 is 0 Å². The first kappa shape index (κ1) is 25.9. The van der Waals surface area contributed by atoms with E-state index >= 15 is 0 Å². The fraction of sp³-hybridized carbons (Fsp3) is 0.143. The first-order valence-corrected chi connectivity index (χ1v) is 6.93. The van der Waals surface area contributed by atoms with Gasteiger partial charge in [-0.05, 0) is 12.1 Å². The lowest BCUT2D eigenvalue weighted by Crippen LogP contribution is -1.90. The number of benzene rings is 2. The van der Waals surface area contributed by atoms with Crippen molar-refractivity contribution in [3.63, 3.8) is 0 Å². The first-order chi connectivity index (χ1) is 11.3. The maximum absolute atomic E-state index is 10.3. The molecule has 2 rings (SSSR count). The summed E-state index contributed by atoms with van der Waals surface area (Å²) in [5.74, 6) is -0.0910. The van der Waals surface area contributed by atoms with Gasteiger partial charge in [0, 0.05) is 35.4 Å². The summed E-state index contributed by atoms with van der Waals surface area (Å²) in [4.78, 5) is 19.4. The Morgan fingerprint density at radius 3 is 1.58 bits per heavy atom. The second kappa shape index (κ2) is 12.1. The van der Waals surface area contributed by atoms with Crippen molar-refractivity contribution >= 4 is 47.8 Å². The molecule has 0 atom stereocenters. The van der Waals surface area contributed by atoms with E-state index in [-0.39, 0.29) is 59.1 Å². The van der Waals surface area contributed by atoms with Crippen molar-refractivity contribution in [2.75, 3.05) is 0 Å². The van der Waals surface area contributed by atoms with Gasteiger partial charge in [-0.1, -0.05) is 0 Å². The lowest BCUT2D eigenvalue weighted by atomic mass is 10.2. The zero-order chi connectivity index (χ0) is 18.3. The lowest BCUT2D eigenvalue weighted by molar-refractivity contribution is -0.385. The Hall–Kier alpha value is -2.33. The zero-order valence-electron chi connectivity index (χ0n) is 12.9. The maximum atomic E-state index is 10.3. The average Bonchev–Trinajstić information content (AvgIpc) is 2.55. The summed E-state index contributed by atoms with van der Waals surface area (Å²) in [6.07, 6.45) is 0. The molecule has 12 heteroatoms. The topological polar surface area (TPSA) is 147 Å². The SMILES string of the molecule is Cl.Cl.O=[N+]([O-])c1ccc(O)c(CCl)c1.O=[N+]([O-])c1ccc(O)c(CO)c1. The number of phenols is 2. The minimum Gasteiger partial charge on any atom is -0.508 e. The molecule has 0 heterocycles. The minimum absolute atomic E-state index is 0.